The van der Waals surface area contributed by atoms with Crippen molar-refractivity contribution in [2.45, 2.75) is 51.1 Å². The second kappa shape index (κ2) is 10.2. The number of nitrogens with zero attached hydrogens (tertiary/aromatic N) is 2. The van der Waals surface area contributed by atoms with Crippen molar-refractivity contribution in [2.75, 3.05) is 13.1 Å². The number of hydrogen-bond donors (Lipinski definition) is 3. The molecule has 1 aromatic heterocycles. The van der Waals surface area contributed by atoms with E-state index in [0.717, 1.165) is 19.3 Å². The normalized spacial score (nSPS) is 14.8. The molecule has 8 heteroatoms. The fraction of sp³-hybridized carbons (Fsp3) is 0.667. The number of rotatable bonds is 7. The topological polar surface area (TPSA) is 102 Å². The summed E-state index contributed by atoms with van der Waals surface area (Å²) in [5, 5.41) is 9.86. The largest absolute Gasteiger partial charge is 0.352 e. The van der Waals surface area contributed by atoms with E-state index in [9.17, 15) is 9.59 Å². The fourth-order valence-corrected chi connectivity index (χ4v) is 2.64. The summed E-state index contributed by atoms with van der Waals surface area (Å²) in [7, 11) is 0. The van der Waals surface area contributed by atoms with Crippen LogP contribution in [0.2, 0.25) is 0 Å². The second-order valence-corrected chi connectivity index (χ2v) is 5.73. The first kappa shape index (κ1) is 19.4. The van der Waals surface area contributed by atoms with E-state index in [-0.39, 0.29) is 36.8 Å². The van der Waals surface area contributed by atoms with Gasteiger partial charge in [0.2, 0.25) is 5.91 Å². The van der Waals surface area contributed by atoms with Crippen LogP contribution in [0.15, 0.2) is 12.4 Å². The molecule has 1 aromatic rings. The van der Waals surface area contributed by atoms with Crippen molar-refractivity contribution in [2.24, 2.45) is 5.73 Å². The highest BCUT2D eigenvalue weighted by atomic mass is 35.5. The van der Waals surface area contributed by atoms with E-state index < -0.39 is 0 Å². The zero-order chi connectivity index (χ0) is 15.8. The van der Waals surface area contributed by atoms with Gasteiger partial charge in [-0.05, 0) is 25.8 Å². The van der Waals surface area contributed by atoms with Gasteiger partial charge in [0.1, 0.15) is 6.54 Å². The quantitative estimate of drug-likeness (QED) is 0.638. The molecule has 2 rings (SSSR count). The molecule has 1 fully saturated rings. The Balaban J connectivity index is 0.00000264. The van der Waals surface area contributed by atoms with Crippen molar-refractivity contribution in [1.29, 1.82) is 0 Å². The van der Waals surface area contributed by atoms with E-state index in [0.29, 0.717) is 18.7 Å². The summed E-state index contributed by atoms with van der Waals surface area (Å²) in [6.45, 7) is 1.23. The number of carbonyl (C=O) groups excluding carboxylic acids is 2. The van der Waals surface area contributed by atoms with Crippen molar-refractivity contribution < 1.29 is 9.59 Å². The minimum Gasteiger partial charge on any atom is -0.352 e. The highest BCUT2D eigenvalue weighted by Crippen LogP contribution is 2.17. The summed E-state index contributed by atoms with van der Waals surface area (Å²) in [6.07, 6.45) is 9.54. The Bertz CT molecular complexity index is 500. The minimum absolute atomic E-state index is 0. The molecule has 1 aliphatic carbocycles. The Kier molecular flexibility index (Phi) is 8.65. The predicted octanol–water partition coefficient (Wildman–Crippen LogP) is 0.832. The summed E-state index contributed by atoms with van der Waals surface area (Å²) < 4.78 is 1.50. The van der Waals surface area contributed by atoms with Crippen LogP contribution in [0.1, 0.15) is 48.9 Å². The molecule has 130 valence electrons. The first-order valence-electron chi connectivity index (χ1n) is 7.99. The highest BCUT2D eigenvalue weighted by molar-refractivity contribution is 5.93. The van der Waals surface area contributed by atoms with Crippen LogP contribution in [0.5, 0.6) is 0 Å². The molecule has 7 nitrogen and oxygen atoms in total. The van der Waals surface area contributed by atoms with Gasteiger partial charge in [-0.3, -0.25) is 14.3 Å². The Morgan fingerprint density at radius 2 is 2.04 bits per heavy atom. The van der Waals surface area contributed by atoms with Crippen LogP contribution in [0.25, 0.3) is 0 Å². The van der Waals surface area contributed by atoms with Gasteiger partial charge in [-0.2, -0.15) is 5.10 Å². The smallest absolute Gasteiger partial charge is 0.254 e. The Morgan fingerprint density at radius 3 is 2.74 bits per heavy atom. The van der Waals surface area contributed by atoms with E-state index in [4.69, 9.17) is 5.73 Å². The molecule has 0 aliphatic heterocycles. The third kappa shape index (κ3) is 6.58. The van der Waals surface area contributed by atoms with Gasteiger partial charge in [-0.15, -0.1) is 12.4 Å². The van der Waals surface area contributed by atoms with Gasteiger partial charge in [0.25, 0.3) is 5.91 Å². The molecule has 2 amide bonds. The Morgan fingerprint density at radius 1 is 1.30 bits per heavy atom. The summed E-state index contributed by atoms with van der Waals surface area (Å²) in [4.78, 5) is 23.8. The lowest BCUT2D eigenvalue weighted by Gasteiger charge is -2.22. The third-order valence-electron chi connectivity index (χ3n) is 3.84. The van der Waals surface area contributed by atoms with Gasteiger partial charge in [0.05, 0.1) is 11.8 Å². The van der Waals surface area contributed by atoms with Crippen LogP contribution in [-0.4, -0.2) is 40.7 Å². The van der Waals surface area contributed by atoms with Gasteiger partial charge in [-0.1, -0.05) is 19.3 Å². The molecule has 1 heterocycles. The average molecular weight is 344 g/mol. The number of nitrogens with two attached hydrogens (primary N) is 1. The van der Waals surface area contributed by atoms with E-state index in [1.54, 1.807) is 6.20 Å². The van der Waals surface area contributed by atoms with Crippen LogP contribution in [0, 0.1) is 0 Å². The first-order chi connectivity index (χ1) is 10.7. The fourth-order valence-electron chi connectivity index (χ4n) is 2.64. The lowest BCUT2D eigenvalue weighted by molar-refractivity contribution is -0.122. The monoisotopic (exact) mass is 343 g/mol. The maximum atomic E-state index is 12.0. The molecule has 1 saturated carbocycles. The van der Waals surface area contributed by atoms with Gasteiger partial charge in [0, 0.05) is 18.8 Å². The first-order valence-corrected chi connectivity index (χ1v) is 7.99. The van der Waals surface area contributed by atoms with E-state index in [1.807, 2.05) is 0 Å². The molecule has 0 aromatic carbocycles. The molecule has 0 unspecified atom stereocenters. The minimum atomic E-state index is -0.188. The molecule has 1 aliphatic rings. The lowest BCUT2D eigenvalue weighted by atomic mass is 9.95. The van der Waals surface area contributed by atoms with Gasteiger partial charge >= 0.3 is 0 Å². The highest BCUT2D eigenvalue weighted by Gasteiger charge is 2.16. The van der Waals surface area contributed by atoms with Crippen molar-refractivity contribution in [1.82, 2.24) is 20.4 Å². The number of hydrogen-bond acceptors (Lipinski definition) is 4. The summed E-state index contributed by atoms with van der Waals surface area (Å²) in [5.41, 5.74) is 5.84. The van der Waals surface area contributed by atoms with Crippen molar-refractivity contribution >= 4 is 24.2 Å². The second-order valence-electron chi connectivity index (χ2n) is 5.73. The molecule has 0 radical (unpaired) electrons. The number of nitrogens with one attached hydrogen (secondary N) is 2. The predicted molar refractivity (Wildman–Crippen MR) is 90.5 cm³/mol. The standard InChI is InChI=1S/C15H25N5O2.ClH/c16-7-4-8-17-15(22)12-9-18-20(10-12)11-14(21)19-13-5-2-1-3-6-13;/h9-10,13H,1-8,11,16H2,(H,17,22)(H,19,21);1H. The zero-order valence-corrected chi connectivity index (χ0v) is 14.1. The molecule has 0 saturated heterocycles. The summed E-state index contributed by atoms with van der Waals surface area (Å²) in [6, 6.07) is 0.288. The SMILES string of the molecule is Cl.NCCCNC(=O)c1cnn(CC(=O)NC2CCCCC2)c1. The number of amides is 2. The van der Waals surface area contributed by atoms with Gasteiger partial charge in [0.15, 0.2) is 0 Å². The van der Waals surface area contributed by atoms with E-state index in [1.165, 1.54) is 30.1 Å². The molecule has 0 spiro atoms. The van der Waals surface area contributed by atoms with Crippen molar-refractivity contribution in [3.05, 3.63) is 18.0 Å². The molecular weight excluding hydrogens is 318 g/mol. The van der Waals surface area contributed by atoms with Crippen LogP contribution >= 0.6 is 12.4 Å². The Labute approximate surface area is 142 Å². The molecular formula is C15H26ClN5O2. The van der Waals surface area contributed by atoms with Gasteiger partial charge in [-0.25, -0.2) is 0 Å². The molecule has 0 atom stereocenters. The summed E-state index contributed by atoms with van der Waals surface area (Å²) >= 11 is 0. The Hall–Kier alpha value is -1.60. The van der Waals surface area contributed by atoms with Crippen LogP contribution in [0.3, 0.4) is 0 Å². The van der Waals surface area contributed by atoms with Crippen LogP contribution < -0.4 is 16.4 Å². The maximum Gasteiger partial charge on any atom is 0.254 e. The lowest BCUT2D eigenvalue weighted by Crippen LogP contribution is -2.38. The van der Waals surface area contributed by atoms with Crippen molar-refractivity contribution in [3.63, 3.8) is 0 Å². The maximum absolute atomic E-state index is 12.0. The van der Waals surface area contributed by atoms with Crippen LogP contribution in [-0.2, 0) is 11.3 Å². The molecule has 0 bridgehead atoms. The number of halogens is 1. The van der Waals surface area contributed by atoms with E-state index in [2.05, 4.69) is 15.7 Å². The summed E-state index contributed by atoms with van der Waals surface area (Å²) in [5.74, 6) is -0.238. The number of aromatic nitrogens is 2. The van der Waals surface area contributed by atoms with Crippen molar-refractivity contribution in [3.8, 4) is 0 Å². The van der Waals surface area contributed by atoms with E-state index >= 15 is 0 Å². The molecule has 4 N–H and O–H groups in total. The average Bonchev–Trinajstić information content (AvgIpc) is 2.97. The third-order valence-corrected chi connectivity index (χ3v) is 3.84. The van der Waals surface area contributed by atoms with Gasteiger partial charge < -0.3 is 16.4 Å². The zero-order valence-electron chi connectivity index (χ0n) is 13.3. The number of carbonyl (C=O) groups is 2. The molecule has 23 heavy (non-hydrogen) atoms. The van der Waals surface area contributed by atoms with Crippen LogP contribution in [0.4, 0.5) is 0 Å².